The third-order valence-corrected chi connectivity index (χ3v) is 3.05. The van der Waals surface area contributed by atoms with Gasteiger partial charge >= 0.3 is 0 Å². The summed E-state index contributed by atoms with van der Waals surface area (Å²) in [5.74, 6) is 0.219. The average molecular weight is 200 g/mol. The highest BCUT2D eigenvalue weighted by Gasteiger charge is 2.24. The van der Waals surface area contributed by atoms with Crippen molar-refractivity contribution in [1.29, 1.82) is 0 Å². The maximum absolute atomic E-state index is 9.88. The molecule has 1 fully saturated rings. The van der Waals surface area contributed by atoms with Gasteiger partial charge in [-0.15, -0.1) is 5.10 Å². The lowest BCUT2D eigenvalue weighted by Crippen LogP contribution is -2.23. The number of hydrogen-bond acceptors (Lipinski definition) is 5. The molecule has 4 nitrogen and oxygen atoms in total. The van der Waals surface area contributed by atoms with Crippen molar-refractivity contribution in [3.8, 4) is 0 Å². The fourth-order valence-electron chi connectivity index (χ4n) is 1.55. The summed E-state index contributed by atoms with van der Waals surface area (Å²) in [4.78, 5) is 0.843. The molecule has 72 valence electrons. The van der Waals surface area contributed by atoms with Crippen molar-refractivity contribution in [3.05, 3.63) is 11.1 Å². The van der Waals surface area contributed by atoms with Crippen molar-refractivity contribution in [2.45, 2.75) is 18.9 Å². The quantitative estimate of drug-likeness (QED) is 0.773. The molecule has 1 N–H and O–H groups in total. The van der Waals surface area contributed by atoms with Crippen molar-refractivity contribution in [2.24, 2.45) is 5.92 Å². The molecule has 0 saturated carbocycles. The Morgan fingerprint density at radius 1 is 1.69 bits per heavy atom. The average Bonchev–Trinajstić information content (AvgIpc) is 2.71. The van der Waals surface area contributed by atoms with Crippen LogP contribution in [0.25, 0.3) is 0 Å². The number of aliphatic hydroxyl groups excluding tert-OH is 1. The van der Waals surface area contributed by atoms with E-state index < -0.39 is 6.10 Å². The maximum Gasteiger partial charge on any atom is 0.0964 e. The highest BCUT2D eigenvalue weighted by molar-refractivity contribution is 7.05. The van der Waals surface area contributed by atoms with Crippen LogP contribution >= 0.6 is 11.5 Å². The zero-order valence-electron chi connectivity index (χ0n) is 7.22. The Balaban J connectivity index is 1.99. The second kappa shape index (κ2) is 4.13. The highest BCUT2D eigenvalue weighted by Crippen LogP contribution is 2.29. The summed E-state index contributed by atoms with van der Waals surface area (Å²) in [5, 5.41) is 13.6. The standard InChI is InChI=1S/C8H12N2O2S/c11-8(7-4-9-10-13-7)6-2-1-3-12-5-6/h4,6,8,11H,1-3,5H2. The molecule has 2 heterocycles. The Morgan fingerprint density at radius 3 is 3.23 bits per heavy atom. The maximum atomic E-state index is 9.88. The lowest BCUT2D eigenvalue weighted by atomic mass is 9.95. The molecule has 0 bridgehead atoms. The van der Waals surface area contributed by atoms with Gasteiger partial charge in [-0.25, -0.2) is 0 Å². The summed E-state index contributed by atoms with van der Waals surface area (Å²) >= 11 is 1.26. The third kappa shape index (κ3) is 2.04. The number of hydrogen-bond donors (Lipinski definition) is 1. The molecule has 1 saturated heterocycles. The molecule has 1 aromatic rings. The molecule has 0 aromatic carbocycles. The van der Waals surface area contributed by atoms with Crippen molar-refractivity contribution in [1.82, 2.24) is 9.59 Å². The van der Waals surface area contributed by atoms with Gasteiger partial charge in [0.1, 0.15) is 0 Å². The first-order chi connectivity index (χ1) is 6.38. The highest BCUT2D eigenvalue weighted by atomic mass is 32.1. The smallest absolute Gasteiger partial charge is 0.0964 e. The third-order valence-electron chi connectivity index (χ3n) is 2.31. The summed E-state index contributed by atoms with van der Waals surface area (Å²) in [6.07, 6.45) is 3.25. The SMILES string of the molecule is OC(c1cnns1)C1CCCOC1. The van der Waals surface area contributed by atoms with Gasteiger partial charge in [-0.3, -0.25) is 0 Å². The van der Waals surface area contributed by atoms with Crippen LogP contribution in [0.5, 0.6) is 0 Å². The van der Waals surface area contributed by atoms with Crippen LogP contribution in [0.4, 0.5) is 0 Å². The molecule has 1 aliphatic heterocycles. The molecule has 5 heteroatoms. The summed E-state index contributed by atoms with van der Waals surface area (Å²) in [6, 6.07) is 0. The van der Waals surface area contributed by atoms with E-state index in [1.54, 1.807) is 6.20 Å². The van der Waals surface area contributed by atoms with Crippen molar-refractivity contribution >= 4 is 11.5 Å². The van der Waals surface area contributed by atoms with Crippen LogP contribution < -0.4 is 0 Å². The molecule has 0 aliphatic carbocycles. The molecule has 0 radical (unpaired) electrons. The van der Waals surface area contributed by atoms with Gasteiger partial charge < -0.3 is 9.84 Å². The lowest BCUT2D eigenvalue weighted by Gasteiger charge is -2.25. The number of nitrogens with zero attached hydrogens (tertiary/aromatic N) is 2. The van der Waals surface area contributed by atoms with Crippen LogP contribution in [0.1, 0.15) is 23.8 Å². The lowest BCUT2D eigenvalue weighted by molar-refractivity contribution is -0.00869. The van der Waals surface area contributed by atoms with Gasteiger partial charge in [0.05, 0.1) is 23.8 Å². The predicted molar refractivity (Wildman–Crippen MR) is 48.4 cm³/mol. The molecule has 1 aliphatic rings. The van der Waals surface area contributed by atoms with Gasteiger partial charge in [-0.2, -0.15) is 0 Å². The van der Waals surface area contributed by atoms with E-state index in [1.807, 2.05) is 0 Å². The summed E-state index contributed by atoms with van der Waals surface area (Å²) in [6.45, 7) is 1.48. The topological polar surface area (TPSA) is 55.2 Å². The zero-order chi connectivity index (χ0) is 9.10. The molecule has 2 unspecified atom stereocenters. The van der Waals surface area contributed by atoms with E-state index in [1.165, 1.54) is 11.5 Å². The molecule has 0 amide bonds. The first-order valence-electron chi connectivity index (χ1n) is 4.41. The van der Waals surface area contributed by atoms with E-state index in [4.69, 9.17) is 4.74 Å². The first kappa shape index (κ1) is 9.05. The fraction of sp³-hybridized carbons (Fsp3) is 0.750. The van der Waals surface area contributed by atoms with Gasteiger partial charge in [0.2, 0.25) is 0 Å². The van der Waals surface area contributed by atoms with Crippen molar-refractivity contribution < 1.29 is 9.84 Å². The van der Waals surface area contributed by atoms with E-state index in [9.17, 15) is 5.11 Å². The van der Waals surface area contributed by atoms with Gasteiger partial charge in [-0.1, -0.05) is 4.49 Å². The largest absolute Gasteiger partial charge is 0.387 e. The van der Waals surface area contributed by atoms with Crippen LogP contribution in [0.3, 0.4) is 0 Å². The summed E-state index contributed by atoms with van der Waals surface area (Å²) in [5.41, 5.74) is 0. The number of ether oxygens (including phenoxy) is 1. The van der Waals surface area contributed by atoms with Crippen LogP contribution in [0, 0.1) is 5.92 Å². The molecule has 13 heavy (non-hydrogen) atoms. The Kier molecular flexibility index (Phi) is 2.87. The van der Waals surface area contributed by atoms with E-state index in [0.29, 0.717) is 6.61 Å². The Bertz CT molecular complexity index is 247. The monoisotopic (exact) mass is 200 g/mol. The van der Waals surface area contributed by atoms with Crippen molar-refractivity contribution in [2.75, 3.05) is 13.2 Å². The molecule has 2 rings (SSSR count). The summed E-state index contributed by atoms with van der Waals surface area (Å²) in [7, 11) is 0. The van der Waals surface area contributed by atoms with Crippen LogP contribution in [0.15, 0.2) is 6.20 Å². The Hall–Kier alpha value is -0.520. The van der Waals surface area contributed by atoms with Gasteiger partial charge in [0.25, 0.3) is 0 Å². The minimum Gasteiger partial charge on any atom is -0.387 e. The number of aliphatic hydroxyl groups is 1. The molecule has 0 spiro atoms. The zero-order valence-corrected chi connectivity index (χ0v) is 8.04. The predicted octanol–water partition coefficient (Wildman–Crippen LogP) is 0.998. The van der Waals surface area contributed by atoms with E-state index in [-0.39, 0.29) is 5.92 Å². The van der Waals surface area contributed by atoms with E-state index in [2.05, 4.69) is 9.59 Å². The second-order valence-corrected chi connectivity index (χ2v) is 4.06. The van der Waals surface area contributed by atoms with Gasteiger partial charge in [-0.05, 0) is 24.4 Å². The Labute approximate surface area is 80.7 Å². The van der Waals surface area contributed by atoms with Gasteiger partial charge in [0, 0.05) is 12.5 Å². The summed E-state index contributed by atoms with van der Waals surface area (Å²) < 4.78 is 9.03. The van der Waals surface area contributed by atoms with E-state index >= 15 is 0 Å². The van der Waals surface area contributed by atoms with Crippen LogP contribution in [-0.2, 0) is 4.74 Å². The molecular weight excluding hydrogens is 188 g/mol. The van der Waals surface area contributed by atoms with Crippen molar-refractivity contribution in [3.63, 3.8) is 0 Å². The normalized spacial score (nSPS) is 25.8. The number of aromatic nitrogens is 2. The molecular formula is C8H12N2O2S. The molecule has 2 atom stereocenters. The first-order valence-corrected chi connectivity index (χ1v) is 5.18. The van der Waals surface area contributed by atoms with Crippen LogP contribution in [-0.4, -0.2) is 27.9 Å². The minimum atomic E-state index is -0.444. The number of rotatable bonds is 2. The van der Waals surface area contributed by atoms with Gasteiger partial charge in [0.15, 0.2) is 0 Å². The fourth-order valence-corrected chi connectivity index (χ4v) is 2.14. The van der Waals surface area contributed by atoms with Crippen LogP contribution in [0.2, 0.25) is 0 Å². The minimum absolute atomic E-state index is 0.219. The second-order valence-electron chi connectivity index (χ2n) is 3.24. The van der Waals surface area contributed by atoms with E-state index in [0.717, 1.165) is 24.3 Å². The molecule has 1 aromatic heterocycles. The Morgan fingerprint density at radius 2 is 2.62 bits per heavy atom.